The number of ether oxygens (including phenoxy) is 3. The number of nitrogens with zero attached hydrogens (tertiary/aromatic N) is 1. The summed E-state index contributed by atoms with van der Waals surface area (Å²) in [5.41, 5.74) is 2.63. The number of fused-ring (bicyclic) bond motifs is 6. The molecule has 4 aromatic carbocycles. The molecule has 4 aromatic rings. The van der Waals surface area contributed by atoms with Gasteiger partial charge in [-0.25, -0.2) is 17.9 Å². The fourth-order valence-corrected chi connectivity index (χ4v) is 7.28. The summed E-state index contributed by atoms with van der Waals surface area (Å²) in [4.78, 5) is 13.9. The van der Waals surface area contributed by atoms with E-state index >= 15 is 8.78 Å². The molecule has 0 aromatic heterocycles. The van der Waals surface area contributed by atoms with E-state index in [1.54, 1.807) is 17.7 Å². The molecule has 9 nitrogen and oxygen atoms in total. The van der Waals surface area contributed by atoms with Crippen molar-refractivity contribution in [2.75, 3.05) is 24.7 Å². The number of hydrogen-bond acceptors (Lipinski definition) is 7. The highest BCUT2D eigenvalue weighted by Crippen LogP contribution is 2.64. The number of nitrogens with one attached hydrogen (secondary N) is 2. The van der Waals surface area contributed by atoms with E-state index in [0.717, 1.165) is 21.9 Å². The van der Waals surface area contributed by atoms with Gasteiger partial charge in [-0.05, 0) is 50.6 Å². The standard InChI is InChI=1S/C32H30ClF2N3O6S/c1-4-42-27-20-10-6-7-11-21(20)28(43-5-2)26-25(27)29-38(30(26)44-29)23-15-14-19(16-18(23)3)32(34,35)17-36-31(39)37-45(40,41)24-13-9-8-12-22(24)33/h6-16,29-30H,4-5,17H2,1-3H3,(H2,36,37,39). The Kier molecular flexibility index (Phi) is 8.00. The molecule has 6 rings (SSSR count). The van der Waals surface area contributed by atoms with Gasteiger partial charge in [-0.2, -0.15) is 8.78 Å². The molecule has 236 valence electrons. The van der Waals surface area contributed by atoms with Gasteiger partial charge in [0.2, 0.25) is 0 Å². The van der Waals surface area contributed by atoms with Gasteiger partial charge in [0.15, 0.2) is 12.5 Å². The van der Waals surface area contributed by atoms with E-state index in [1.807, 2.05) is 48.3 Å². The van der Waals surface area contributed by atoms with Gasteiger partial charge in [0.05, 0.1) is 35.9 Å². The number of amides is 2. The van der Waals surface area contributed by atoms with Crippen LogP contribution in [-0.2, 0) is 20.7 Å². The van der Waals surface area contributed by atoms with Crippen molar-refractivity contribution in [3.63, 3.8) is 0 Å². The maximum Gasteiger partial charge on any atom is 0.328 e. The molecule has 1 saturated heterocycles. The van der Waals surface area contributed by atoms with Crippen LogP contribution in [0, 0.1) is 6.92 Å². The number of alkyl halides is 2. The van der Waals surface area contributed by atoms with Crippen molar-refractivity contribution in [2.24, 2.45) is 0 Å². The molecule has 2 heterocycles. The van der Waals surface area contributed by atoms with Crippen LogP contribution in [0.4, 0.5) is 19.3 Å². The molecule has 2 unspecified atom stereocenters. The molecule has 2 aliphatic rings. The highest BCUT2D eigenvalue weighted by atomic mass is 35.5. The molecule has 2 N–H and O–H groups in total. The Morgan fingerprint density at radius 2 is 1.53 bits per heavy atom. The van der Waals surface area contributed by atoms with E-state index in [4.69, 9.17) is 25.8 Å². The first-order valence-corrected chi connectivity index (χ1v) is 16.2. The van der Waals surface area contributed by atoms with Crippen molar-refractivity contribution in [3.8, 4) is 11.5 Å². The summed E-state index contributed by atoms with van der Waals surface area (Å²) in [6.07, 6.45) is -0.989. The second-order valence-electron chi connectivity index (χ2n) is 10.6. The van der Waals surface area contributed by atoms with Crippen molar-refractivity contribution >= 4 is 44.1 Å². The number of rotatable bonds is 10. The maximum atomic E-state index is 15.3. The third-order valence-corrected chi connectivity index (χ3v) is 9.58. The lowest BCUT2D eigenvalue weighted by atomic mass is 9.99. The molecule has 0 aliphatic carbocycles. The largest absolute Gasteiger partial charge is 0.493 e. The van der Waals surface area contributed by atoms with E-state index in [9.17, 15) is 13.2 Å². The molecule has 2 atom stereocenters. The monoisotopic (exact) mass is 657 g/mol. The Morgan fingerprint density at radius 3 is 2.09 bits per heavy atom. The van der Waals surface area contributed by atoms with Crippen molar-refractivity contribution in [3.05, 3.63) is 94.0 Å². The zero-order chi connectivity index (χ0) is 32.1. The van der Waals surface area contributed by atoms with Gasteiger partial charge in [0.25, 0.3) is 15.9 Å². The third-order valence-electron chi connectivity index (χ3n) is 7.75. The number of hydrogen-bond donors (Lipinski definition) is 2. The van der Waals surface area contributed by atoms with Crippen molar-refractivity contribution in [1.29, 1.82) is 0 Å². The van der Waals surface area contributed by atoms with Gasteiger partial charge in [-0.1, -0.05) is 54.1 Å². The lowest BCUT2D eigenvalue weighted by Gasteiger charge is -2.43. The van der Waals surface area contributed by atoms with E-state index in [0.29, 0.717) is 36.0 Å². The predicted octanol–water partition coefficient (Wildman–Crippen LogP) is 6.93. The minimum absolute atomic E-state index is 0.112. The molecule has 13 heteroatoms. The van der Waals surface area contributed by atoms with Gasteiger partial charge in [-0.3, -0.25) is 0 Å². The molecule has 0 spiro atoms. The van der Waals surface area contributed by atoms with Crippen LogP contribution >= 0.6 is 11.6 Å². The first kappa shape index (κ1) is 30.9. The molecule has 2 amide bonds. The van der Waals surface area contributed by atoms with Crippen molar-refractivity contribution in [1.82, 2.24) is 10.0 Å². The highest BCUT2D eigenvalue weighted by Gasteiger charge is 2.55. The smallest absolute Gasteiger partial charge is 0.328 e. The van der Waals surface area contributed by atoms with Crippen molar-refractivity contribution < 1.29 is 36.2 Å². The van der Waals surface area contributed by atoms with Gasteiger partial charge in [0.1, 0.15) is 16.4 Å². The number of halogens is 3. The summed E-state index contributed by atoms with van der Waals surface area (Å²) in [7, 11) is -4.37. The zero-order valence-electron chi connectivity index (χ0n) is 24.6. The average Bonchev–Trinajstić information content (AvgIpc) is 3.54. The molecule has 1 fully saturated rings. The van der Waals surface area contributed by atoms with E-state index in [-0.39, 0.29) is 15.5 Å². The van der Waals surface area contributed by atoms with Gasteiger partial charge in [-0.15, -0.1) is 0 Å². The number of aryl methyl sites for hydroxylation is 1. The minimum Gasteiger partial charge on any atom is -0.493 e. The van der Waals surface area contributed by atoms with Crippen LogP contribution < -0.4 is 24.4 Å². The third kappa shape index (κ3) is 5.30. The molecule has 2 bridgehead atoms. The Labute approximate surface area is 264 Å². The first-order chi connectivity index (χ1) is 21.5. The van der Waals surface area contributed by atoms with E-state index in [1.165, 1.54) is 36.4 Å². The fraction of sp³-hybridized carbons (Fsp3) is 0.281. The molecule has 45 heavy (non-hydrogen) atoms. The van der Waals surface area contributed by atoms with Crippen LogP contribution in [0.2, 0.25) is 5.02 Å². The maximum absolute atomic E-state index is 15.3. The normalized spacial score (nSPS) is 17.1. The molecule has 0 saturated carbocycles. The fourth-order valence-electron chi connectivity index (χ4n) is 5.83. The Morgan fingerprint density at radius 1 is 0.956 bits per heavy atom. The number of sulfonamides is 1. The molecule has 2 aliphatic heterocycles. The van der Waals surface area contributed by atoms with Crippen molar-refractivity contribution in [2.45, 2.75) is 44.0 Å². The molecular weight excluding hydrogens is 628 g/mol. The van der Waals surface area contributed by atoms with Gasteiger partial charge < -0.3 is 24.4 Å². The second kappa shape index (κ2) is 11.7. The lowest BCUT2D eigenvalue weighted by Crippen LogP contribution is -2.43. The summed E-state index contributed by atoms with van der Waals surface area (Å²) in [5, 5.41) is 3.65. The van der Waals surface area contributed by atoms with Crippen LogP contribution in [0.5, 0.6) is 11.5 Å². The van der Waals surface area contributed by atoms with Crippen LogP contribution in [0.1, 0.15) is 48.6 Å². The van der Waals surface area contributed by atoms with Crippen LogP contribution in [-0.4, -0.2) is 34.2 Å². The zero-order valence-corrected chi connectivity index (χ0v) is 26.1. The quantitative estimate of drug-likeness (QED) is 0.191. The number of anilines is 1. The highest BCUT2D eigenvalue weighted by molar-refractivity contribution is 7.90. The SMILES string of the molecule is CCOc1c2c(c(OCC)c3ccccc13)C1OC2N1c1ccc(C(F)(F)CNC(=O)NS(=O)(=O)c2ccccc2Cl)cc1C. The van der Waals surface area contributed by atoms with Gasteiger partial charge >= 0.3 is 6.03 Å². The number of carbonyl (C=O) groups excluding carboxylic acids is 1. The Bertz CT molecular complexity index is 1860. The summed E-state index contributed by atoms with van der Waals surface area (Å²) < 4.78 is 75.7. The molecule has 0 radical (unpaired) electrons. The Hall–Kier alpha value is -4.13. The summed E-state index contributed by atoms with van der Waals surface area (Å²) in [6, 6.07) is 16.2. The summed E-state index contributed by atoms with van der Waals surface area (Å²) in [6.45, 7) is 5.30. The number of benzene rings is 4. The van der Waals surface area contributed by atoms with E-state index < -0.39 is 41.0 Å². The molecular formula is C32H30ClF2N3O6S. The summed E-state index contributed by atoms with van der Waals surface area (Å²) >= 11 is 5.91. The lowest BCUT2D eigenvalue weighted by molar-refractivity contribution is -0.0987. The number of urea groups is 1. The van der Waals surface area contributed by atoms with Crippen LogP contribution in [0.3, 0.4) is 0 Å². The van der Waals surface area contributed by atoms with Crippen LogP contribution in [0.15, 0.2) is 71.6 Å². The minimum atomic E-state index is -4.37. The number of carbonyl (C=O) groups is 1. The summed E-state index contributed by atoms with van der Waals surface area (Å²) in [5.74, 6) is -2.09. The Balaban J connectivity index is 1.23. The van der Waals surface area contributed by atoms with Crippen LogP contribution in [0.25, 0.3) is 10.8 Å². The second-order valence-corrected chi connectivity index (χ2v) is 12.6. The predicted molar refractivity (Wildman–Crippen MR) is 166 cm³/mol. The topological polar surface area (TPSA) is 106 Å². The average molecular weight is 658 g/mol. The first-order valence-electron chi connectivity index (χ1n) is 14.3. The van der Waals surface area contributed by atoms with Gasteiger partial charge in [0, 0.05) is 22.0 Å². The van der Waals surface area contributed by atoms with E-state index in [2.05, 4.69) is 0 Å².